The highest BCUT2D eigenvalue weighted by atomic mass is 16.5. The molecule has 0 radical (unpaired) electrons. The van der Waals surface area contributed by atoms with Gasteiger partial charge in [-0.1, -0.05) is 20.8 Å². The van der Waals surface area contributed by atoms with Gasteiger partial charge in [-0.25, -0.2) is 0 Å². The maximum Gasteiger partial charge on any atom is 0.192 e. The fourth-order valence-corrected chi connectivity index (χ4v) is 3.23. The van der Waals surface area contributed by atoms with Crippen molar-refractivity contribution in [2.45, 2.75) is 64.6 Å². The van der Waals surface area contributed by atoms with Crippen LogP contribution in [0.4, 0.5) is 0 Å². The molecule has 2 aliphatic rings. The van der Waals surface area contributed by atoms with Crippen molar-refractivity contribution in [1.29, 1.82) is 0 Å². The number of nitrogens with zero attached hydrogens (tertiary/aromatic N) is 2. The Morgan fingerprint density at radius 2 is 2.22 bits per heavy atom. The summed E-state index contributed by atoms with van der Waals surface area (Å²) >= 11 is 0. The van der Waals surface area contributed by atoms with Crippen molar-refractivity contribution < 1.29 is 4.74 Å². The average Bonchev–Trinajstić information content (AvgIpc) is 2.65. The molecule has 1 fully saturated rings. The maximum atomic E-state index is 6.12. The van der Waals surface area contributed by atoms with E-state index in [2.05, 4.69) is 37.6 Å². The second-order valence-corrected chi connectivity index (χ2v) is 6.13. The molecule has 3 atom stereocenters. The highest BCUT2D eigenvalue weighted by Crippen LogP contribution is 2.38. The molecule has 1 spiro atoms. The van der Waals surface area contributed by atoms with E-state index in [1.807, 2.05) is 0 Å². The molecule has 3 unspecified atom stereocenters. The zero-order chi connectivity index (χ0) is 13.3. The van der Waals surface area contributed by atoms with Crippen LogP contribution in [0.15, 0.2) is 4.99 Å². The number of aliphatic imine (C=N–C) groups is 1. The van der Waals surface area contributed by atoms with E-state index < -0.39 is 0 Å². The summed E-state index contributed by atoms with van der Waals surface area (Å²) in [5, 5.41) is 0. The van der Waals surface area contributed by atoms with Gasteiger partial charge in [0.15, 0.2) is 5.96 Å². The molecule has 2 N–H and O–H groups in total. The van der Waals surface area contributed by atoms with Gasteiger partial charge in [0.25, 0.3) is 0 Å². The van der Waals surface area contributed by atoms with Gasteiger partial charge in [0.1, 0.15) is 0 Å². The summed E-state index contributed by atoms with van der Waals surface area (Å²) in [6.07, 6.45) is 3.54. The number of guanidine groups is 1. The summed E-state index contributed by atoms with van der Waals surface area (Å²) in [5.74, 6) is 1.29. The maximum absolute atomic E-state index is 6.12. The molecule has 4 nitrogen and oxygen atoms in total. The molecule has 0 amide bonds. The quantitative estimate of drug-likeness (QED) is 0.837. The Morgan fingerprint density at radius 3 is 2.83 bits per heavy atom. The summed E-state index contributed by atoms with van der Waals surface area (Å²) in [7, 11) is 0. The first-order chi connectivity index (χ1) is 8.50. The normalized spacial score (nSPS) is 34.2. The molecule has 4 heteroatoms. The third-order valence-electron chi connectivity index (χ3n) is 4.55. The number of hydrogen-bond acceptors (Lipinski definition) is 4. The largest absolute Gasteiger partial charge is 0.378 e. The average molecular weight is 253 g/mol. The second-order valence-electron chi connectivity index (χ2n) is 6.13. The lowest BCUT2D eigenvalue weighted by Gasteiger charge is -2.48. The van der Waals surface area contributed by atoms with Crippen LogP contribution >= 0.6 is 0 Å². The van der Waals surface area contributed by atoms with Crippen molar-refractivity contribution in [3.05, 3.63) is 0 Å². The van der Waals surface area contributed by atoms with Crippen LogP contribution in [0.3, 0.4) is 0 Å². The van der Waals surface area contributed by atoms with Gasteiger partial charge in [0, 0.05) is 12.6 Å². The lowest BCUT2D eigenvalue weighted by Crippen LogP contribution is -2.59. The van der Waals surface area contributed by atoms with Gasteiger partial charge in [-0.05, 0) is 32.1 Å². The fourth-order valence-electron chi connectivity index (χ4n) is 3.23. The van der Waals surface area contributed by atoms with E-state index in [4.69, 9.17) is 10.5 Å². The molecule has 0 aromatic carbocycles. The summed E-state index contributed by atoms with van der Waals surface area (Å²) in [5.41, 5.74) is 6.24. The van der Waals surface area contributed by atoms with Crippen LogP contribution in [-0.2, 0) is 4.74 Å². The van der Waals surface area contributed by atoms with Crippen molar-refractivity contribution in [2.24, 2.45) is 16.6 Å². The second kappa shape index (κ2) is 5.08. The summed E-state index contributed by atoms with van der Waals surface area (Å²) in [6, 6.07) is 0.460. The smallest absolute Gasteiger partial charge is 0.192 e. The van der Waals surface area contributed by atoms with E-state index in [9.17, 15) is 0 Å². The summed E-state index contributed by atoms with van der Waals surface area (Å²) < 4.78 is 5.90. The Hall–Kier alpha value is -0.770. The van der Waals surface area contributed by atoms with Crippen molar-refractivity contribution >= 4 is 5.96 Å². The molecule has 0 aromatic rings. The number of rotatable bonds is 3. The minimum atomic E-state index is 0.118. The van der Waals surface area contributed by atoms with E-state index in [0.29, 0.717) is 18.1 Å². The number of hydrogen-bond donors (Lipinski definition) is 1. The van der Waals surface area contributed by atoms with Crippen LogP contribution in [-0.4, -0.2) is 41.7 Å². The Morgan fingerprint density at radius 1 is 1.50 bits per heavy atom. The van der Waals surface area contributed by atoms with E-state index >= 15 is 0 Å². The highest BCUT2D eigenvalue weighted by Gasteiger charge is 2.47. The molecule has 2 aliphatic heterocycles. The Labute approximate surface area is 111 Å². The van der Waals surface area contributed by atoms with Crippen LogP contribution in [0, 0.1) is 5.92 Å². The molecule has 0 aromatic heterocycles. The SMILES string of the molecule is CCC(C)N1C(N)=NCC12CCOC(C(C)C)C2. The lowest BCUT2D eigenvalue weighted by molar-refractivity contribution is -0.0730. The minimum absolute atomic E-state index is 0.118. The zero-order valence-corrected chi connectivity index (χ0v) is 12.1. The van der Waals surface area contributed by atoms with E-state index in [1.54, 1.807) is 0 Å². The predicted octanol–water partition coefficient (Wildman–Crippen LogP) is 1.99. The van der Waals surface area contributed by atoms with Gasteiger partial charge in [-0.2, -0.15) is 0 Å². The first-order valence-electron chi connectivity index (χ1n) is 7.21. The van der Waals surface area contributed by atoms with Gasteiger partial charge in [0.2, 0.25) is 0 Å². The molecule has 0 bridgehead atoms. The van der Waals surface area contributed by atoms with Gasteiger partial charge in [-0.15, -0.1) is 0 Å². The van der Waals surface area contributed by atoms with Gasteiger partial charge in [0.05, 0.1) is 18.2 Å². The molecule has 2 heterocycles. The van der Waals surface area contributed by atoms with Crippen molar-refractivity contribution in [3.63, 3.8) is 0 Å². The first-order valence-corrected chi connectivity index (χ1v) is 7.21. The van der Waals surface area contributed by atoms with E-state index in [-0.39, 0.29) is 5.54 Å². The number of ether oxygens (including phenoxy) is 1. The van der Waals surface area contributed by atoms with E-state index in [0.717, 1.165) is 38.4 Å². The van der Waals surface area contributed by atoms with Gasteiger partial charge in [-0.3, -0.25) is 4.99 Å². The number of nitrogens with two attached hydrogens (primary N) is 1. The third kappa shape index (κ3) is 2.22. The molecule has 104 valence electrons. The fraction of sp³-hybridized carbons (Fsp3) is 0.929. The lowest BCUT2D eigenvalue weighted by atomic mass is 9.81. The summed E-state index contributed by atoms with van der Waals surface area (Å²) in [4.78, 5) is 6.89. The van der Waals surface area contributed by atoms with Crippen LogP contribution in [0.5, 0.6) is 0 Å². The van der Waals surface area contributed by atoms with Crippen molar-refractivity contribution in [1.82, 2.24) is 4.90 Å². The molecule has 2 rings (SSSR count). The monoisotopic (exact) mass is 253 g/mol. The molecule has 0 saturated carbocycles. The Balaban J connectivity index is 2.19. The van der Waals surface area contributed by atoms with Crippen LogP contribution in [0.25, 0.3) is 0 Å². The Kier molecular flexibility index (Phi) is 3.85. The molecule has 0 aliphatic carbocycles. The van der Waals surface area contributed by atoms with Crippen molar-refractivity contribution in [3.8, 4) is 0 Å². The molecule has 18 heavy (non-hydrogen) atoms. The molecular formula is C14H27N3O. The van der Waals surface area contributed by atoms with Crippen LogP contribution < -0.4 is 5.73 Å². The topological polar surface area (TPSA) is 50.8 Å². The third-order valence-corrected chi connectivity index (χ3v) is 4.55. The summed E-state index contributed by atoms with van der Waals surface area (Å²) in [6.45, 7) is 10.6. The zero-order valence-electron chi connectivity index (χ0n) is 12.1. The predicted molar refractivity (Wildman–Crippen MR) is 74.6 cm³/mol. The molecular weight excluding hydrogens is 226 g/mol. The first kappa shape index (κ1) is 13.7. The Bertz CT molecular complexity index is 329. The van der Waals surface area contributed by atoms with Crippen LogP contribution in [0.2, 0.25) is 0 Å². The van der Waals surface area contributed by atoms with E-state index in [1.165, 1.54) is 0 Å². The van der Waals surface area contributed by atoms with Gasteiger partial charge < -0.3 is 15.4 Å². The standard InChI is InChI=1S/C14H27N3O/c1-5-11(4)17-13(15)16-9-14(17)6-7-18-12(8-14)10(2)3/h10-12H,5-9H2,1-4H3,(H2,15,16). The van der Waals surface area contributed by atoms with Crippen molar-refractivity contribution in [2.75, 3.05) is 13.2 Å². The molecule has 1 saturated heterocycles. The minimum Gasteiger partial charge on any atom is -0.378 e. The van der Waals surface area contributed by atoms with Crippen LogP contribution in [0.1, 0.15) is 47.0 Å². The highest BCUT2D eigenvalue weighted by molar-refractivity contribution is 5.81. The van der Waals surface area contributed by atoms with Gasteiger partial charge >= 0.3 is 0 Å².